The molecule has 0 aromatic carbocycles. The van der Waals surface area contributed by atoms with Gasteiger partial charge in [-0.15, -0.1) is 11.3 Å². The van der Waals surface area contributed by atoms with Gasteiger partial charge in [0, 0.05) is 4.88 Å². The van der Waals surface area contributed by atoms with Crippen molar-refractivity contribution in [3.63, 3.8) is 0 Å². The van der Waals surface area contributed by atoms with Crippen LogP contribution in [0.3, 0.4) is 0 Å². The van der Waals surface area contributed by atoms with E-state index in [-0.39, 0.29) is 5.97 Å². The van der Waals surface area contributed by atoms with E-state index < -0.39 is 0 Å². The van der Waals surface area contributed by atoms with E-state index in [4.69, 9.17) is 4.74 Å². The van der Waals surface area contributed by atoms with Gasteiger partial charge in [-0.1, -0.05) is 0 Å². The predicted molar refractivity (Wildman–Crippen MR) is 37.8 cm³/mol. The van der Waals surface area contributed by atoms with Gasteiger partial charge in [-0.05, 0) is 17.0 Å². The lowest BCUT2D eigenvalue weighted by molar-refractivity contribution is -0.145. The standard InChI is InChI=1S/C7H6O2S/c8-7-3-5-1-2-10-6(5)4-9-7/h1-2H,3-4H2. The van der Waals surface area contributed by atoms with Crippen molar-refractivity contribution >= 4 is 17.3 Å². The number of ether oxygens (including phenoxy) is 1. The third-order valence-corrected chi connectivity index (χ3v) is 2.47. The second-order valence-corrected chi connectivity index (χ2v) is 3.21. The minimum atomic E-state index is -0.106. The SMILES string of the molecule is O=C1Cc2ccsc2CO1. The number of carbonyl (C=O) groups excluding carboxylic acids is 1. The molecular weight excluding hydrogens is 148 g/mol. The van der Waals surface area contributed by atoms with Crippen LogP contribution in [0.1, 0.15) is 10.4 Å². The second kappa shape index (κ2) is 2.09. The van der Waals surface area contributed by atoms with Crippen molar-refractivity contribution in [3.05, 3.63) is 21.9 Å². The summed E-state index contributed by atoms with van der Waals surface area (Å²) in [6.45, 7) is 0.478. The maximum atomic E-state index is 10.7. The number of cyclic esters (lactones) is 1. The number of hydrogen-bond donors (Lipinski definition) is 0. The molecule has 0 radical (unpaired) electrons. The largest absolute Gasteiger partial charge is 0.460 e. The molecule has 52 valence electrons. The van der Waals surface area contributed by atoms with Gasteiger partial charge < -0.3 is 4.74 Å². The molecule has 2 heterocycles. The number of thiophene rings is 1. The van der Waals surface area contributed by atoms with Crippen molar-refractivity contribution in [2.75, 3.05) is 0 Å². The summed E-state index contributed by atoms with van der Waals surface area (Å²) in [6.07, 6.45) is 0.457. The second-order valence-electron chi connectivity index (χ2n) is 2.21. The fourth-order valence-corrected chi connectivity index (χ4v) is 1.82. The number of esters is 1. The molecule has 0 saturated heterocycles. The molecule has 0 aliphatic carbocycles. The average molecular weight is 154 g/mol. The Morgan fingerprint density at radius 3 is 3.40 bits per heavy atom. The van der Waals surface area contributed by atoms with E-state index in [0.717, 1.165) is 5.56 Å². The number of rotatable bonds is 0. The van der Waals surface area contributed by atoms with Gasteiger partial charge in [0.05, 0.1) is 6.42 Å². The first-order valence-electron chi connectivity index (χ1n) is 3.07. The van der Waals surface area contributed by atoms with Crippen LogP contribution in [0.25, 0.3) is 0 Å². The Morgan fingerprint density at radius 1 is 1.60 bits per heavy atom. The maximum Gasteiger partial charge on any atom is 0.310 e. The highest BCUT2D eigenvalue weighted by Gasteiger charge is 2.16. The molecule has 0 spiro atoms. The lowest BCUT2D eigenvalue weighted by atomic mass is 10.2. The molecule has 0 atom stereocenters. The number of fused-ring (bicyclic) bond motifs is 1. The lowest BCUT2D eigenvalue weighted by Crippen LogP contribution is -2.13. The van der Waals surface area contributed by atoms with Gasteiger partial charge in [-0.2, -0.15) is 0 Å². The highest BCUT2D eigenvalue weighted by Crippen LogP contribution is 2.22. The van der Waals surface area contributed by atoms with Crippen molar-refractivity contribution in [3.8, 4) is 0 Å². The third kappa shape index (κ3) is 0.827. The molecule has 3 heteroatoms. The van der Waals surface area contributed by atoms with Crippen LogP contribution >= 0.6 is 11.3 Å². The number of hydrogen-bond acceptors (Lipinski definition) is 3. The Kier molecular flexibility index (Phi) is 1.24. The highest BCUT2D eigenvalue weighted by atomic mass is 32.1. The summed E-state index contributed by atoms with van der Waals surface area (Å²) in [5.74, 6) is -0.106. The summed E-state index contributed by atoms with van der Waals surface area (Å²) < 4.78 is 4.83. The first-order chi connectivity index (χ1) is 4.86. The molecule has 0 saturated carbocycles. The van der Waals surface area contributed by atoms with Gasteiger partial charge >= 0.3 is 5.97 Å². The van der Waals surface area contributed by atoms with Crippen LogP contribution in [-0.4, -0.2) is 5.97 Å². The molecule has 1 aliphatic rings. The molecule has 1 aliphatic heterocycles. The summed E-state index contributed by atoms with van der Waals surface area (Å²) in [5.41, 5.74) is 1.14. The molecule has 1 aromatic rings. The molecular formula is C7H6O2S. The van der Waals surface area contributed by atoms with Crippen LogP contribution in [-0.2, 0) is 22.6 Å². The van der Waals surface area contributed by atoms with Crippen molar-refractivity contribution in [1.29, 1.82) is 0 Å². The zero-order valence-corrected chi connectivity index (χ0v) is 6.11. The van der Waals surface area contributed by atoms with E-state index >= 15 is 0 Å². The zero-order chi connectivity index (χ0) is 6.97. The van der Waals surface area contributed by atoms with E-state index in [0.29, 0.717) is 13.0 Å². The van der Waals surface area contributed by atoms with E-state index in [2.05, 4.69) is 0 Å². The van der Waals surface area contributed by atoms with Gasteiger partial charge in [0.2, 0.25) is 0 Å². The molecule has 0 bridgehead atoms. The predicted octanol–water partition coefficient (Wildman–Crippen LogP) is 1.35. The van der Waals surface area contributed by atoms with Crippen LogP contribution in [0.4, 0.5) is 0 Å². The van der Waals surface area contributed by atoms with E-state index in [1.807, 2.05) is 11.4 Å². The van der Waals surface area contributed by atoms with Gasteiger partial charge in [0.25, 0.3) is 0 Å². The van der Waals surface area contributed by atoms with E-state index in [1.54, 1.807) is 11.3 Å². The Balaban J connectivity index is 2.39. The monoisotopic (exact) mass is 154 g/mol. The van der Waals surface area contributed by atoms with Crippen LogP contribution in [0, 0.1) is 0 Å². The minimum Gasteiger partial charge on any atom is -0.460 e. The maximum absolute atomic E-state index is 10.7. The Hall–Kier alpha value is -0.830. The Morgan fingerprint density at radius 2 is 2.50 bits per heavy atom. The molecule has 0 N–H and O–H groups in total. The Bertz CT molecular complexity index is 264. The van der Waals surface area contributed by atoms with E-state index in [1.165, 1.54) is 4.88 Å². The lowest BCUT2D eigenvalue weighted by Gasteiger charge is -2.10. The van der Waals surface area contributed by atoms with E-state index in [9.17, 15) is 4.79 Å². The molecule has 0 amide bonds. The first kappa shape index (κ1) is 5.92. The van der Waals surface area contributed by atoms with Gasteiger partial charge in [-0.3, -0.25) is 4.79 Å². The first-order valence-corrected chi connectivity index (χ1v) is 3.95. The van der Waals surface area contributed by atoms with Gasteiger partial charge in [0.1, 0.15) is 6.61 Å². The normalized spacial score (nSPS) is 16.2. The van der Waals surface area contributed by atoms with Crippen LogP contribution < -0.4 is 0 Å². The molecule has 0 unspecified atom stereocenters. The van der Waals surface area contributed by atoms with Crippen LogP contribution in [0.15, 0.2) is 11.4 Å². The fourth-order valence-electron chi connectivity index (χ4n) is 1.00. The average Bonchev–Trinajstić information content (AvgIpc) is 2.33. The Labute approximate surface area is 62.4 Å². The topological polar surface area (TPSA) is 26.3 Å². The third-order valence-electron chi connectivity index (χ3n) is 1.54. The van der Waals surface area contributed by atoms with Crippen molar-refractivity contribution in [2.45, 2.75) is 13.0 Å². The summed E-state index contributed by atoms with van der Waals surface area (Å²) in [6, 6.07) is 1.99. The molecule has 2 rings (SSSR count). The minimum absolute atomic E-state index is 0.106. The molecule has 2 nitrogen and oxygen atoms in total. The van der Waals surface area contributed by atoms with Crippen LogP contribution in [0.5, 0.6) is 0 Å². The summed E-state index contributed by atoms with van der Waals surface area (Å²) in [4.78, 5) is 11.9. The van der Waals surface area contributed by atoms with Crippen molar-refractivity contribution in [2.24, 2.45) is 0 Å². The van der Waals surface area contributed by atoms with Crippen molar-refractivity contribution < 1.29 is 9.53 Å². The quantitative estimate of drug-likeness (QED) is 0.527. The summed E-state index contributed by atoms with van der Waals surface area (Å²) in [7, 11) is 0. The van der Waals surface area contributed by atoms with Crippen LogP contribution in [0.2, 0.25) is 0 Å². The zero-order valence-electron chi connectivity index (χ0n) is 5.29. The molecule has 10 heavy (non-hydrogen) atoms. The highest BCUT2D eigenvalue weighted by molar-refractivity contribution is 7.10. The van der Waals surface area contributed by atoms with Gasteiger partial charge in [0.15, 0.2) is 0 Å². The smallest absolute Gasteiger partial charge is 0.310 e. The van der Waals surface area contributed by atoms with Gasteiger partial charge in [-0.25, -0.2) is 0 Å². The fraction of sp³-hybridized carbons (Fsp3) is 0.286. The van der Waals surface area contributed by atoms with Crippen molar-refractivity contribution in [1.82, 2.24) is 0 Å². The summed E-state index contributed by atoms with van der Waals surface area (Å²) in [5, 5.41) is 1.99. The number of carbonyl (C=O) groups is 1. The summed E-state index contributed by atoms with van der Waals surface area (Å²) >= 11 is 1.65. The molecule has 1 aromatic heterocycles. The molecule has 0 fully saturated rings.